The molecular weight excluding hydrogens is 243 g/mol. The molecule has 1 aliphatic heterocycles. The van der Waals surface area contributed by atoms with Gasteiger partial charge in [0.15, 0.2) is 6.16 Å². The SMILES string of the molecule is CCOC(=O)C[P+]1(c2c(C)cc(C)cc2C)CC1. The zero-order valence-corrected chi connectivity index (χ0v) is 12.6. The second kappa shape index (κ2) is 5.01. The maximum absolute atomic E-state index is 11.8. The first-order valence-electron chi connectivity index (χ1n) is 6.58. The van der Waals surface area contributed by atoms with E-state index >= 15 is 0 Å². The Kier molecular flexibility index (Phi) is 3.77. The van der Waals surface area contributed by atoms with Gasteiger partial charge in [0, 0.05) is 0 Å². The molecular formula is C15H22O2P+. The van der Waals surface area contributed by atoms with Crippen LogP contribution in [0, 0.1) is 20.8 Å². The maximum atomic E-state index is 11.8. The van der Waals surface area contributed by atoms with Crippen LogP contribution >= 0.6 is 7.26 Å². The van der Waals surface area contributed by atoms with Gasteiger partial charge in [0.05, 0.1) is 26.2 Å². The lowest BCUT2D eigenvalue weighted by Crippen LogP contribution is -2.19. The van der Waals surface area contributed by atoms with E-state index in [1.807, 2.05) is 6.92 Å². The number of carbonyl (C=O) groups excluding carboxylic acids is 1. The number of benzene rings is 1. The zero-order valence-electron chi connectivity index (χ0n) is 11.7. The molecule has 1 fully saturated rings. The minimum atomic E-state index is -1.20. The van der Waals surface area contributed by atoms with Gasteiger partial charge >= 0.3 is 5.97 Å². The van der Waals surface area contributed by atoms with Crippen molar-refractivity contribution in [2.45, 2.75) is 27.7 Å². The fourth-order valence-corrected chi connectivity index (χ4v) is 7.05. The second-order valence-electron chi connectivity index (χ2n) is 5.30. The third-order valence-corrected chi connectivity index (χ3v) is 7.65. The second-order valence-corrected chi connectivity index (χ2v) is 9.25. The molecule has 1 aromatic rings. The summed E-state index contributed by atoms with van der Waals surface area (Å²) in [4.78, 5) is 11.8. The quantitative estimate of drug-likeness (QED) is 0.618. The van der Waals surface area contributed by atoms with Gasteiger partial charge in [0.25, 0.3) is 0 Å². The van der Waals surface area contributed by atoms with E-state index in [0.717, 1.165) is 0 Å². The summed E-state index contributed by atoms with van der Waals surface area (Å²) < 4.78 is 5.13. The molecule has 3 heteroatoms. The number of aryl methyl sites for hydroxylation is 3. The van der Waals surface area contributed by atoms with Crippen LogP contribution in [0.25, 0.3) is 0 Å². The van der Waals surface area contributed by atoms with Gasteiger partial charge in [-0.25, -0.2) is 4.79 Å². The maximum Gasteiger partial charge on any atom is 0.344 e. The lowest BCUT2D eigenvalue weighted by Gasteiger charge is -2.14. The Morgan fingerprint density at radius 3 is 2.22 bits per heavy atom. The normalized spacial score (nSPS) is 16.4. The summed E-state index contributed by atoms with van der Waals surface area (Å²) in [6, 6.07) is 4.49. The third kappa shape index (κ3) is 2.59. The number of ether oxygens (including phenoxy) is 1. The molecule has 0 amide bonds. The molecule has 0 spiro atoms. The van der Waals surface area contributed by atoms with Crippen LogP contribution < -0.4 is 5.30 Å². The highest BCUT2D eigenvalue weighted by Crippen LogP contribution is 2.71. The zero-order chi connectivity index (χ0) is 13.3. The van der Waals surface area contributed by atoms with Gasteiger partial charge in [-0.05, 0) is 38.8 Å². The molecule has 0 atom stereocenters. The first kappa shape index (κ1) is 13.5. The van der Waals surface area contributed by atoms with Gasteiger partial charge in [0.2, 0.25) is 0 Å². The lowest BCUT2D eigenvalue weighted by atomic mass is 10.1. The van der Waals surface area contributed by atoms with Crippen molar-refractivity contribution >= 4 is 18.5 Å². The number of esters is 1. The molecule has 1 saturated heterocycles. The molecule has 0 bridgehead atoms. The molecule has 18 heavy (non-hydrogen) atoms. The minimum absolute atomic E-state index is 0.0114. The highest BCUT2D eigenvalue weighted by atomic mass is 31.2. The molecule has 0 aliphatic carbocycles. The molecule has 0 N–H and O–H groups in total. The van der Waals surface area contributed by atoms with E-state index in [0.29, 0.717) is 12.8 Å². The van der Waals surface area contributed by atoms with Crippen LogP contribution in [0.4, 0.5) is 0 Å². The Morgan fingerprint density at radius 2 is 1.78 bits per heavy atom. The van der Waals surface area contributed by atoms with Gasteiger partial charge in [0.1, 0.15) is 5.30 Å². The third-order valence-electron chi connectivity index (χ3n) is 3.61. The number of carbonyl (C=O) groups is 1. The van der Waals surface area contributed by atoms with Crippen LogP contribution in [0.5, 0.6) is 0 Å². The van der Waals surface area contributed by atoms with Crippen molar-refractivity contribution in [2.24, 2.45) is 0 Å². The minimum Gasteiger partial charge on any atom is -0.463 e. The molecule has 1 aliphatic rings. The Morgan fingerprint density at radius 1 is 1.22 bits per heavy atom. The van der Waals surface area contributed by atoms with Gasteiger partial charge in [-0.3, -0.25) is 0 Å². The Bertz CT molecular complexity index is 452. The van der Waals surface area contributed by atoms with Crippen LogP contribution in [0.3, 0.4) is 0 Å². The summed E-state index contributed by atoms with van der Waals surface area (Å²) in [5.74, 6) is -0.0114. The topological polar surface area (TPSA) is 26.3 Å². The summed E-state index contributed by atoms with van der Waals surface area (Å²) in [7, 11) is -1.20. The molecule has 0 unspecified atom stereocenters. The van der Waals surface area contributed by atoms with E-state index in [9.17, 15) is 4.79 Å². The van der Waals surface area contributed by atoms with Gasteiger partial charge in [-0.2, -0.15) is 0 Å². The van der Waals surface area contributed by atoms with Crippen molar-refractivity contribution < 1.29 is 9.53 Å². The molecule has 0 radical (unpaired) electrons. The lowest BCUT2D eigenvalue weighted by molar-refractivity contribution is -0.139. The van der Waals surface area contributed by atoms with Gasteiger partial charge in [-0.1, -0.05) is 17.7 Å². The number of rotatable bonds is 4. The van der Waals surface area contributed by atoms with Crippen LogP contribution in [-0.2, 0) is 9.53 Å². The van der Waals surface area contributed by atoms with Crippen molar-refractivity contribution in [1.82, 2.24) is 0 Å². The van der Waals surface area contributed by atoms with Crippen molar-refractivity contribution in [3.8, 4) is 0 Å². The summed E-state index contributed by atoms with van der Waals surface area (Å²) in [6.07, 6.45) is 3.08. The Hall–Kier alpha value is -0.880. The van der Waals surface area contributed by atoms with E-state index in [1.165, 1.54) is 34.3 Å². The molecule has 2 rings (SSSR count). The largest absolute Gasteiger partial charge is 0.463 e. The van der Waals surface area contributed by atoms with Crippen LogP contribution in [0.15, 0.2) is 12.1 Å². The average molecular weight is 265 g/mol. The fourth-order valence-electron chi connectivity index (χ4n) is 2.96. The summed E-state index contributed by atoms with van der Waals surface area (Å²) in [6.45, 7) is 8.86. The average Bonchev–Trinajstić information content (AvgIpc) is 2.96. The van der Waals surface area contributed by atoms with Crippen LogP contribution in [0.2, 0.25) is 0 Å². The van der Waals surface area contributed by atoms with Crippen molar-refractivity contribution in [3.63, 3.8) is 0 Å². The van der Waals surface area contributed by atoms with E-state index in [1.54, 1.807) is 0 Å². The smallest absolute Gasteiger partial charge is 0.344 e. The van der Waals surface area contributed by atoms with Gasteiger partial charge < -0.3 is 4.74 Å². The predicted molar refractivity (Wildman–Crippen MR) is 78.4 cm³/mol. The molecule has 0 aromatic heterocycles. The summed E-state index contributed by atoms with van der Waals surface area (Å²) in [5.41, 5.74) is 4.04. The summed E-state index contributed by atoms with van der Waals surface area (Å²) in [5, 5.41) is 1.49. The molecule has 1 heterocycles. The number of hydrogen-bond donors (Lipinski definition) is 0. The van der Waals surface area contributed by atoms with E-state index < -0.39 is 7.26 Å². The first-order chi connectivity index (χ1) is 8.48. The standard InChI is InChI=1S/C15H22O2P/c1-5-17-14(16)10-18(6-7-18)15-12(3)8-11(2)9-13(15)4/h8-9H,5-7,10H2,1-4H3/q+1. The van der Waals surface area contributed by atoms with Gasteiger partial charge in [-0.15, -0.1) is 0 Å². The first-order valence-corrected chi connectivity index (χ1v) is 8.93. The fraction of sp³-hybridized carbons (Fsp3) is 0.533. The molecule has 1 aromatic carbocycles. The Labute approximate surface area is 110 Å². The summed E-state index contributed by atoms with van der Waals surface area (Å²) >= 11 is 0. The van der Waals surface area contributed by atoms with Crippen LogP contribution in [-0.4, -0.2) is 31.1 Å². The predicted octanol–water partition coefficient (Wildman–Crippen LogP) is 2.83. The monoisotopic (exact) mass is 265 g/mol. The van der Waals surface area contributed by atoms with E-state index in [4.69, 9.17) is 4.74 Å². The van der Waals surface area contributed by atoms with Crippen molar-refractivity contribution in [2.75, 3.05) is 25.1 Å². The Balaban J connectivity index is 2.28. The van der Waals surface area contributed by atoms with Crippen molar-refractivity contribution in [1.29, 1.82) is 0 Å². The van der Waals surface area contributed by atoms with Crippen LogP contribution in [0.1, 0.15) is 23.6 Å². The van der Waals surface area contributed by atoms with Crippen molar-refractivity contribution in [3.05, 3.63) is 28.8 Å². The molecule has 0 saturated carbocycles. The molecule has 98 valence electrons. The molecule has 2 nitrogen and oxygen atoms in total. The highest BCUT2D eigenvalue weighted by Gasteiger charge is 2.57. The van der Waals surface area contributed by atoms with E-state index in [-0.39, 0.29) is 5.97 Å². The van der Waals surface area contributed by atoms with E-state index in [2.05, 4.69) is 32.9 Å². The number of hydrogen-bond acceptors (Lipinski definition) is 2. The highest BCUT2D eigenvalue weighted by molar-refractivity contribution is 7.90.